The van der Waals surface area contributed by atoms with E-state index < -0.39 is 32.5 Å². The van der Waals surface area contributed by atoms with Crippen molar-refractivity contribution in [1.82, 2.24) is 0 Å². The normalized spacial score (nSPS) is 12.4. The molecule has 0 spiro atoms. The molecule has 0 aromatic rings. The number of rotatable bonds is 46. The molecule has 0 radical (unpaired) electrons. The summed E-state index contributed by atoms with van der Waals surface area (Å²) in [5.74, 6) is -0.869. The summed E-state index contributed by atoms with van der Waals surface area (Å²) in [4.78, 5) is 43.0. The quantitative estimate of drug-likeness (QED) is 0.0269. The molecule has 0 aliphatic rings. The number of hydrogen-bond donors (Lipinski definition) is 2. The fourth-order valence-electron chi connectivity index (χ4n) is 7.37. The lowest BCUT2D eigenvalue weighted by atomic mass is 10.0. The van der Waals surface area contributed by atoms with Crippen molar-refractivity contribution in [3.8, 4) is 0 Å². The first kappa shape index (κ1) is 55.8. The number of phosphoric ester groups is 1. The Labute approximate surface area is 352 Å². The molecule has 0 amide bonds. The smallest absolute Gasteiger partial charge is 0.462 e. The van der Waals surface area contributed by atoms with E-state index in [0.29, 0.717) is 6.42 Å². The fourth-order valence-corrected chi connectivity index (χ4v) is 7.73. The summed E-state index contributed by atoms with van der Waals surface area (Å²) in [5.41, 5.74) is 0. The van der Waals surface area contributed by atoms with Crippen molar-refractivity contribution in [2.45, 2.75) is 270 Å². The molecule has 8 nitrogen and oxygen atoms in total. The Balaban J connectivity index is 3.79. The van der Waals surface area contributed by atoms with Crippen LogP contribution >= 0.6 is 7.82 Å². The second-order valence-electron chi connectivity index (χ2n) is 16.8. The van der Waals surface area contributed by atoms with Gasteiger partial charge >= 0.3 is 19.8 Å². The molecular formula is C48H93O8P. The van der Waals surface area contributed by atoms with Crippen molar-refractivity contribution in [3.63, 3.8) is 0 Å². The lowest BCUT2D eigenvalue weighted by Gasteiger charge is -2.18. The minimum absolute atomic E-state index is 0.216. The van der Waals surface area contributed by atoms with Gasteiger partial charge in [-0.2, -0.15) is 0 Å². The SMILES string of the molecule is CCCCCCCCCC/C=C\CCCCCCCCCCCCCC(=O)OC(COC(=O)CCCCCCCCCCCCCCCCCC)COP(=O)(O)O. The zero-order valence-corrected chi connectivity index (χ0v) is 38.4. The molecule has 0 rings (SSSR count). The lowest BCUT2D eigenvalue weighted by Crippen LogP contribution is -2.29. The highest BCUT2D eigenvalue weighted by Gasteiger charge is 2.23. The first-order valence-corrected chi connectivity index (χ1v) is 26.0. The average molecular weight is 829 g/mol. The van der Waals surface area contributed by atoms with Crippen LogP contribution < -0.4 is 0 Å². The van der Waals surface area contributed by atoms with Crippen molar-refractivity contribution in [1.29, 1.82) is 0 Å². The summed E-state index contributed by atoms with van der Waals surface area (Å²) in [6.45, 7) is 3.73. The van der Waals surface area contributed by atoms with Crippen molar-refractivity contribution >= 4 is 19.8 Å². The molecule has 338 valence electrons. The van der Waals surface area contributed by atoms with Gasteiger partial charge in [0.2, 0.25) is 0 Å². The van der Waals surface area contributed by atoms with Gasteiger partial charge < -0.3 is 19.3 Å². The van der Waals surface area contributed by atoms with Gasteiger partial charge in [0.15, 0.2) is 6.10 Å². The van der Waals surface area contributed by atoms with Gasteiger partial charge in [-0.05, 0) is 38.5 Å². The standard InChI is InChI=1S/C48H93O8P/c1-3-5-7-9-11-13-15-17-19-21-22-23-24-25-26-27-29-31-33-35-37-39-41-43-48(50)56-46(45-55-57(51,52)53)44-54-47(49)42-40-38-36-34-32-30-28-20-18-16-14-12-10-8-6-4-2/h21-22,46H,3-20,23-45H2,1-2H3,(H2,51,52,53)/b22-21-. The molecule has 0 aliphatic carbocycles. The van der Waals surface area contributed by atoms with Crippen molar-refractivity contribution in [2.24, 2.45) is 0 Å². The number of allylic oxidation sites excluding steroid dienone is 2. The van der Waals surface area contributed by atoms with Crippen molar-refractivity contribution in [2.75, 3.05) is 13.2 Å². The summed E-state index contributed by atoms with van der Waals surface area (Å²) in [6.07, 6.45) is 50.8. The van der Waals surface area contributed by atoms with E-state index in [0.717, 1.165) is 38.5 Å². The Morgan fingerprint density at radius 1 is 0.439 bits per heavy atom. The number of ether oxygens (including phenoxy) is 2. The minimum Gasteiger partial charge on any atom is -0.462 e. The van der Waals surface area contributed by atoms with Crippen LogP contribution in [0.1, 0.15) is 264 Å². The molecule has 0 saturated carbocycles. The van der Waals surface area contributed by atoms with E-state index in [1.54, 1.807) is 0 Å². The van der Waals surface area contributed by atoms with Gasteiger partial charge in [-0.3, -0.25) is 14.1 Å². The van der Waals surface area contributed by atoms with Crippen LogP contribution in [0, 0.1) is 0 Å². The number of esters is 2. The second kappa shape index (κ2) is 44.3. The number of phosphoric acid groups is 1. The predicted molar refractivity (Wildman–Crippen MR) is 239 cm³/mol. The number of carbonyl (C=O) groups excluding carboxylic acids is 2. The Hall–Kier alpha value is -1.21. The highest BCUT2D eigenvalue weighted by atomic mass is 31.2. The predicted octanol–water partition coefficient (Wildman–Crippen LogP) is 15.4. The van der Waals surface area contributed by atoms with Gasteiger partial charge in [0.05, 0.1) is 6.61 Å². The maximum atomic E-state index is 12.5. The van der Waals surface area contributed by atoms with E-state index in [4.69, 9.17) is 19.3 Å². The van der Waals surface area contributed by atoms with Gasteiger partial charge in [0.1, 0.15) is 6.61 Å². The largest absolute Gasteiger partial charge is 0.469 e. The summed E-state index contributed by atoms with van der Waals surface area (Å²) in [6, 6.07) is 0. The zero-order chi connectivity index (χ0) is 41.8. The molecule has 0 saturated heterocycles. The molecule has 0 fully saturated rings. The zero-order valence-electron chi connectivity index (χ0n) is 37.5. The summed E-state index contributed by atoms with van der Waals surface area (Å²) in [5, 5.41) is 0. The van der Waals surface area contributed by atoms with Crippen LogP contribution in [0.5, 0.6) is 0 Å². The molecule has 0 bridgehead atoms. The van der Waals surface area contributed by atoms with E-state index >= 15 is 0 Å². The molecule has 57 heavy (non-hydrogen) atoms. The van der Waals surface area contributed by atoms with Gasteiger partial charge in [-0.25, -0.2) is 4.57 Å². The number of hydrogen-bond acceptors (Lipinski definition) is 6. The summed E-state index contributed by atoms with van der Waals surface area (Å²) >= 11 is 0. The summed E-state index contributed by atoms with van der Waals surface area (Å²) < 4.78 is 26.5. The minimum atomic E-state index is -4.75. The molecule has 2 N–H and O–H groups in total. The molecule has 0 aromatic carbocycles. The first-order chi connectivity index (χ1) is 27.8. The average Bonchev–Trinajstić information content (AvgIpc) is 3.18. The number of carbonyl (C=O) groups is 2. The van der Waals surface area contributed by atoms with Crippen LogP contribution in [0.15, 0.2) is 12.2 Å². The fraction of sp³-hybridized carbons (Fsp3) is 0.917. The Bertz CT molecular complexity index is 935. The first-order valence-electron chi connectivity index (χ1n) is 24.5. The Kier molecular flexibility index (Phi) is 43.4. The molecule has 0 aromatic heterocycles. The van der Waals surface area contributed by atoms with Gasteiger partial charge in [-0.1, -0.05) is 225 Å². The van der Waals surface area contributed by atoms with Crippen LogP contribution in [0.4, 0.5) is 0 Å². The molecule has 0 aliphatic heterocycles. The van der Waals surface area contributed by atoms with E-state index in [1.807, 2.05) is 0 Å². The topological polar surface area (TPSA) is 119 Å². The molecule has 1 atom stereocenters. The van der Waals surface area contributed by atoms with Gasteiger partial charge in [0.25, 0.3) is 0 Å². The third-order valence-electron chi connectivity index (χ3n) is 11.0. The van der Waals surface area contributed by atoms with Crippen LogP contribution in [-0.4, -0.2) is 41.0 Å². The molecule has 9 heteroatoms. The van der Waals surface area contributed by atoms with Crippen LogP contribution in [0.25, 0.3) is 0 Å². The van der Waals surface area contributed by atoms with E-state index in [9.17, 15) is 14.2 Å². The van der Waals surface area contributed by atoms with E-state index in [1.165, 1.54) is 193 Å². The van der Waals surface area contributed by atoms with Crippen LogP contribution in [0.2, 0.25) is 0 Å². The second-order valence-corrected chi connectivity index (χ2v) is 18.0. The summed E-state index contributed by atoms with van der Waals surface area (Å²) in [7, 11) is -4.75. The highest BCUT2D eigenvalue weighted by Crippen LogP contribution is 2.36. The maximum Gasteiger partial charge on any atom is 0.469 e. The third kappa shape index (κ3) is 47.3. The van der Waals surface area contributed by atoms with Gasteiger partial charge in [-0.15, -0.1) is 0 Å². The van der Waals surface area contributed by atoms with Crippen molar-refractivity contribution < 1.29 is 37.9 Å². The van der Waals surface area contributed by atoms with E-state index in [-0.39, 0.29) is 19.4 Å². The Morgan fingerprint density at radius 2 is 0.737 bits per heavy atom. The number of unbranched alkanes of at least 4 members (excludes halogenated alkanes) is 34. The molecule has 1 unspecified atom stereocenters. The van der Waals surface area contributed by atoms with Gasteiger partial charge in [0, 0.05) is 12.8 Å². The molecular weight excluding hydrogens is 735 g/mol. The Morgan fingerprint density at radius 3 is 1.07 bits per heavy atom. The van der Waals surface area contributed by atoms with E-state index in [2.05, 4.69) is 30.5 Å². The third-order valence-corrected chi connectivity index (χ3v) is 11.5. The van der Waals surface area contributed by atoms with Crippen LogP contribution in [-0.2, 0) is 28.2 Å². The van der Waals surface area contributed by atoms with Crippen LogP contribution in [0.3, 0.4) is 0 Å². The lowest BCUT2D eigenvalue weighted by molar-refractivity contribution is -0.161. The monoisotopic (exact) mass is 829 g/mol. The highest BCUT2D eigenvalue weighted by molar-refractivity contribution is 7.46. The van der Waals surface area contributed by atoms with Crippen molar-refractivity contribution in [3.05, 3.63) is 12.2 Å². The molecule has 0 heterocycles. The maximum absolute atomic E-state index is 12.5.